The summed E-state index contributed by atoms with van der Waals surface area (Å²) in [5.41, 5.74) is 3.13. The van der Waals surface area contributed by atoms with Gasteiger partial charge in [0.25, 0.3) is 5.91 Å². The number of piperidine rings is 1. The van der Waals surface area contributed by atoms with Crippen molar-refractivity contribution in [3.8, 4) is 11.8 Å². The molecular weight excluding hydrogens is 456 g/mol. The summed E-state index contributed by atoms with van der Waals surface area (Å²) < 4.78 is 12.0. The number of benzene rings is 1. The Kier molecular flexibility index (Phi) is 8.04. The van der Waals surface area contributed by atoms with Crippen LogP contribution in [-0.2, 0) is 13.0 Å². The van der Waals surface area contributed by atoms with Crippen molar-refractivity contribution in [1.82, 2.24) is 19.7 Å². The zero-order chi connectivity index (χ0) is 24.9. The first-order valence-corrected chi connectivity index (χ1v) is 13.4. The highest BCUT2D eigenvalue weighted by atomic mass is 16.5. The van der Waals surface area contributed by atoms with Gasteiger partial charge in [-0.05, 0) is 49.4 Å². The Morgan fingerprint density at radius 1 is 1.06 bits per heavy atom. The van der Waals surface area contributed by atoms with Crippen molar-refractivity contribution < 1.29 is 19.4 Å². The number of fused-ring (bicyclic) bond motifs is 2. The molecule has 3 aliphatic rings. The molecule has 1 unspecified atom stereocenters. The van der Waals surface area contributed by atoms with E-state index in [-0.39, 0.29) is 18.6 Å². The molecule has 194 valence electrons. The Hall–Kier alpha value is -2.68. The number of rotatable bonds is 8. The molecule has 0 spiro atoms. The molecule has 1 amide bonds. The van der Waals surface area contributed by atoms with Gasteiger partial charge >= 0.3 is 0 Å². The quantitative estimate of drug-likeness (QED) is 0.604. The zero-order valence-electron chi connectivity index (χ0n) is 21.3. The molecule has 8 nitrogen and oxygen atoms in total. The van der Waals surface area contributed by atoms with E-state index in [2.05, 4.69) is 46.0 Å². The van der Waals surface area contributed by atoms with Crippen molar-refractivity contribution in [3.63, 3.8) is 0 Å². The number of likely N-dealkylation sites (tertiary alicyclic amines) is 1. The number of β-amino-alcohol motifs (C(OH)–C–C–N with tert-alkyl or cyclic N) is 1. The van der Waals surface area contributed by atoms with E-state index >= 15 is 0 Å². The van der Waals surface area contributed by atoms with Crippen molar-refractivity contribution >= 4 is 5.91 Å². The van der Waals surface area contributed by atoms with Crippen LogP contribution < -0.4 is 9.47 Å². The van der Waals surface area contributed by atoms with Gasteiger partial charge in [0, 0.05) is 45.3 Å². The van der Waals surface area contributed by atoms with Crippen LogP contribution >= 0.6 is 0 Å². The molecule has 1 saturated heterocycles. The summed E-state index contributed by atoms with van der Waals surface area (Å²) in [4.78, 5) is 24.2. The van der Waals surface area contributed by atoms with E-state index in [0.29, 0.717) is 37.0 Å². The maximum Gasteiger partial charge on any atom is 0.259 e. The lowest BCUT2D eigenvalue weighted by Crippen LogP contribution is -2.44. The average Bonchev–Trinajstić information content (AvgIpc) is 3.03. The summed E-state index contributed by atoms with van der Waals surface area (Å²) in [5, 5.41) is 10.8. The minimum atomic E-state index is -0.630. The van der Waals surface area contributed by atoms with Crippen molar-refractivity contribution in [2.75, 3.05) is 52.4 Å². The Morgan fingerprint density at radius 3 is 2.67 bits per heavy atom. The number of ether oxygens (including phenoxy) is 2. The van der Waals surface area contributed by atoms with Crippen LogP contribution in [0.15, 0.2) is 36.4 Å². The zero-order valence-corrected chi connectivity index (χ0v) is 21.3. The number of aliphatic hydroxyl groups excluding tert-OH is 1. The van der Waals surface area contributed by atoms with Gasteiger partial charge in [-0.1, -0.05) is 31.2 Å². The molecule has 1 atom stereocenters. The number of aliphatic hydroxyl groups is 1. The molecule has 3 aliphatic heterocycles. The van der Waals surface area contributed by atoms with Crippen LogP contribution in [0.1, 0.15) is 47.7 Å². The van der Waals surface area contributed by atoms with E-state index < -0.39 is 6.10 Å². The summed E-state index contributed by atoms with van der Waals surface area (Å²) >= 11 is 0. The smallest absolute Gasteiger partial charge is 0.259 e. The fourth-order valence-corrected chi connectivity index (χ4v) is 5.52. The van der Waals surface area contributed by atoms with E-state index in [0.717, 1.165) is 52.0 Å². The van der Waals surface area contributed by atoms with E-state index in [1.807, 2.05) is 0 Å². The van der Waals surface area contributed by atoms with Crippen LogP contribution in [0.2, 0.25) is 0 Å². The molecule has 2 aromatic rings. The minimum Gasteiger partial charge on any atom is -0.475 e. The van der Waals surface area contributed by atoms with Crippen molar-refractivity contribution in [3.05, 3.63) is 53.1 Å². The number of amides is 1. The van der Waals surface area contributed by atoms with Crippen LogP contribution in [0.5, 0.6) is 11.8 Å². The number of carbonyl (C=O) groups excluding carboxylic acids is 1. The second-order valence-electron chi connectivity index (χ2n) is 10.2. The molecule has 5 rings (SSSR count). The van der Waals surface area contributed by atoms with Crippen LogP contribution in [0, 0.1) is 0 Å². The molecule has 8 heteroatoms. The lowest BCUT2D eigenvalue weighted by Gasteiger charge is -2.32. The number of pyridine rings is 1. The fraction of sp³-hybridized carbons (Fsp3) is 0.571. The fourth-order valence-electron chi connectivity index (χ4n) is 5.52. The molecule has 0 radical (unpaired) electrons. The number of nitrogens with zero attached hydrogens (tertiary/aromatic N) is 4. The summed E-state index contributed by atoms with van der Waals surface area (Å²) in [5.74, 6) is 0.678. The molecular formula is C28H38N4O4. The predicted molar refractivity (Wildman–Crippen MR) is 137 cm³/mol. The van der Waals surface area contributed by atoms with Crippen molar-refractivity contribution in [2.45, 2.75) is 51.4 Å². The lowest BCUT2D eigenvalue weighted by molar-refractivity contribution is 0.0501. The molecule has 36 heavy (non-hydrogen) atoms. The highest BCUT2D eigenvalue weighted by Gasteiger charge is 2.28. The molecule has 0 bridgehead atoms. The first kappa shape index (κ1) is 25.0. The van der Waals surface area contributed by atoms with Gasteiger partial charge in [0.2, 0.25) is 11.8 Å². The molecule has 1 N–H and O–H groups in total. The van der Waals surface area contributed by atoms with Crippen LogP contribution in [-0.4, -0.2) is 95.3 Å². The highest BCUT2D eigenvalue weighted by Crippen LogP contribution is 2.26. The standard InChI is InChI=1S/C28H38N4O4/c1-2-12-30-14-10-24(11-15-30)36-26-8-7-25-27(29-26)35-17-16-32(28(25)34)20-23(33)19-31-13-9-21-5-3-4-6-22(21)18-31/h3-8,23-24,33H,2,9-20H2,1H3. The second-order valence-corrected chi connectivity index (χ2v) is 10.2. The third-order valence-corrected chi connectivity index (χ3v) is 7.42. The molecule has 4 heterocycles. The van der Waals surface area contributed by atoms with Gasteiger partial charge in [0.1, 0.15) is 18.3 Å². The Labute approximate surface area is 213 Å². The third-order valence-electron chi connectivity index (χ3n) is 7.42. The van der Waals surface area contributed by atoms with Gasteiger partial charge in [0.05, 0.1) is 12.6 Å². The molecule has 1 fully saturated rings. The van der Waals surface area contributed by atoms with E-state index in [4.69, 9.17) is 9.47 Å². The number of aromatic nitrogens is 1. The molecule has 1 aromatic heterocycles. The summed E-state index contributed by atoms with van der Waals surface area (Å²) in [7, 11) is 0. The molecule has 1 aromatic carbocycles. The van der Waals surface area contributed by atoms with Crippen LogP contribution in [0.4, 0.5) is 0 Å². The van der Waals surface area contributed by atoms with Gasteiger partial charge < -0.3 is 24.4 Å². The lowest BCUT2D eigenvalue weighted by atomic mass is 10.00. The molecule has 0 saturated carbocycles. The SMILES string of the molecule is CCCN1CCC(Oc2ccc3c(n2)OCCN(CC(O)CN2CCc4ccccc4C2)C3=O)CC1. The number of carbonyl (C=O) groups is 1. The van der Waals surface area contributed by atoms with E-state index in [1.54, 1.807) is 17.0 Å². The third kappa shape index (κ3) is 5.99. The Bertz CT molecular complexity index is 1040. The predicted octanol–water partition coefficient (Wildman–Crippen LogP) is 2.59. The summed E-state index contributed by atoms with van der Waals surface area (Å²) in [6.07, 6.45) is 3.62. The summed E-state index contributed by atoms with van der Waals surface area (Å²) in [6, 6.07) is 12.0. The van der Waals surface area contributed by atoms with E-state index in [9.17, 15) is 9.90 Å². The molecule has 0 aliphatic carbocycles. The minimum absolute atomic E-state index is 0.138. The maximum atomic E-state index is 13.3. The van der Waals surface area contributed by atoms with Crippen molar-refractivity contribution in [1.29, 1.82) is 0 Å². The number of hydrogen-bond acceptors (Lipinski definition) is 7. The van der Waals surface area contributed by atoms with Crippen LogP contribution in [0.3, 0.4) is 0 Å². The van der Waals surface area contributed by atoms with Gasteiger partial charge in [-0.15, -0.1) is 0 Å². The normalized spacial score (nSPS) is 20.3. The Balaban J connectivity index is 1.16. The first-order chi connectivity index (χ1) is 17.6. The largest absolute Gasteiger partial charge is 0.475 e. The highest BCUT2D eigenvalue weighted by molar-refractivity contribution is 5.96. The van der Waals surface area contributed by atoms with E-state index in [1.165, 1.54) is 17.5 Å². The topological polar surface area (TPSA) is 78.4 Å². The van der Waals surface area contributed by atoms with Gasteiger partial charge in [-0.3, -0.25) is 9.69 Å². The van der Waals surface area contributed by atoms with Crippen LogP contribution in [0.25, 0.3) is 0 Å². The Morgan fingerprint density at radius 2 is 1.86 bits per heavy atom. The first-order valence-electron chi connectivity index (χ1n) is 13.4. The summed E-state index contributed by atoms with van der Waals surface area (Å²) in [6.45, 7) is 8.74. The monoisotopic (exact) mass is 494 g/mol. The second kappa shape index (κ2) is 11.6. The number of hydrogen-bond donors (Lipinski definition) is 1. The van der Waals surface area contributed by atoms with Crippen molar-refractivity contribution in [2.24, 2.45) is 0 Å². The maximum absolute atomic E-state index is 13.3. The van der Waals surface area contributed by atoms with Gasteiger partial charge in [0.15, 0.2) is 0 Å². The van der Waals surface area contributed by atoms with Gasteiger partial charge in [-0.2, -0.15) is 4.98 Å². The van der Waals surface area contributed by atoms with Gasteiger partial charge in [-0.25, -0.2) is 0 Å². The average molecular weight is 495 g/mol.